The van der Waals surface area contributed by atoms with Crippen molar-refractivity contribution in [3.8, 4) is 5.75 Å². The normalized spacial score (nSPS) is 12.0. The molecule has 0 aliphatic rings. The van der Waals surface area contributed by atoms with Gasteiger partial charge in [0.1, 0.15) is 5.75 Å². The van der Waals surface area contributed by atoms with E-state index < -0.39 is 20.0 Å². The van der Waals surface area contributed by atoms with E-state index in [0.717, 1.165) is 6.07 Å². The number of hydrogen-bond donors (Lipinski definition) is 2. The summed E-state index contributed by atoms with van der Waals surface area (Å²) in [4.78, 5) is -0.548. The van der Waals surface area contributed by atoms with E-state index in [0.29, 0.717) is 10.6 Å². The Morgan fingerprint density at radius 1 is 1.08 bits per heavy atom. The van der Waals surface area contributed by atoms with Crippen LogP contribution in [0.2, 0.25) is 5.02 Å². The number of primary sulfonamides is 1. The number of aryl methyl sites for hydroxylation is 1. The van der Waals surface area contributed by atoms with Crippen LogP contribution in [0.3, 0.4) is 0 Å². The van der Waals surface area contributed by atoms with Crippen LogP contribution >= 0.6 is 11.6 Å². The Hall–Kier alpha value is -1.81. The molecule has 10 heteroatoms. The Balaban J connectivity index is 2.49. The lowest BCUT2D eigenvalue weighted by molar-refractivity contribution is 0.417. The summed E-state index contributed by atoms with van der Waals surface area (Å²) in [5.41, 5.74) is 0.828. The number of benzene rings is 2. The lowest BCUT2D eigenvalue weighted by Crippen LogP contribution is -2.16. The molecule has 0 saturated heterocycles. The monoisotopic (exact) mass is 390 g/mol. The fourth-order valence-corrected chi connectivity index (χ4v) is 3.83. The predicted octanol–water partition coefficient (Wildman–Crippen LogP) is 2.11. The molecule has 0 aliphatic carbocycles. The Kier molecular flexibility index (Phi) is 5.09. The summed E-state index contributed by atoms with van der Waals surface area (Å²) in [7, 11) is -6.69. The Morgan fingerprint density at radius 2 is 1.71 bits per heavy atom. The molecule has 0 amide bonds. The molecule has 2 aromatic carbocycles. The molecule has 0 heterocycles. The van der Waals surface area contributed by atoms with E-state index in [1.165, 1.54) is 37.4 Å². The van der Waals surface area contributed by atoms with Gasteiger partial charge in [0, 0.05) is 11.1 Å². The van der Waals surface area contributed by atoms with Crippen molar-refractivity contribution < 1.29 is 21.6 Å². The van der Waals surface area contributed by atoms with Crippen LogP contribution in [0.25, 0.3) is 0 Å². The first kappa shape index (κ1) is 18.5. The van der Waals surface area contributed by atoms with Gasteiger partial charge in [-0.3, -0.25) is 4.72 Å². The second kappa shape index (κ2) is 6.60. The molecule has 2 rings (SSSR count). The molecule has 0 fully saturated rings. The molecule has 0 saturated carbocycles. The van der Waals surface area contributed by atoms with Crippen molar-refractivity contribution in [3.63, 3.8) is 0 Å². The highest BCUT2D eigenvalue weighted by Crippen LogP contribution is 2.32. The number of hydrogen-bond acceptors (Lipinski definition) is 5. The highest BCUT2D eigenvalue weighted by Gasteiger charge is 2.20. The van der Waals surface area contributed by atoms with Gasteiger partial charge in [0.15, 0.2) is 0 Å². The summed E-state index contributed by atoms with van der Waals surface area (Å²) in [6, 6.07) is 7.73. The molecular formula is C14H15ClN2O5S2. The molecule has 0 radical (unpaired) electrons. The van der Waals surface area contributed by atoms with E-state index in [1.807, 2.05) is 0 Å². The van der Waals surface area contributed by atoms with E-state index in [1.54, 1.807) is 6.92 Å². The van der Waals surface area contributed by atoms with Crippen molar-refractivity contribution in [2.24, 2.45) is 5.14 Å². The highest BCUT2D eigenvalue weighted by molar-refractivity contribution is 7.93. The van der Waals surface area contributed by atoms with Crippen molar-refractivity contribution in [3.05, 3.63) is 47.0 Å². The first-order chi connectivity index (χ1) is 11.0. The summed E-state index contributed by atoms with van der Waals surface area (Å²) in [5.74, 6) is 0.233. The molecule has 2 aromatic rings. The van der Waals surface area contributed by atoms with E-state index in [-0.39, 0.29) is 21.2 Å². The standard InChI is InChI=1S/C14H15ClN2O5S2/c1-9-6-13(14(22-2)8-12(9)15)17-24(20,21)11-5-3-4-10(7-11)23(16,18)19/h3-8,17H,1-2H3,(H2,16,18,19). The van der Waals surface area contributed by atoms with E-state index >= 15 is 0 Å². The summed E-state index contributed by atoms with van der Waals surface area (Å²) in [6.07, 6.45) is 0. The number of halogens is 1. The summed E-state index contributed by atoms with van der Waals surface area (Å²) in [6.45, 7) is 1.71. The summed E-state index contributed by atoms with van der Waals surface area (Å²) in [5, 5.41) is 5.45. The van der Waals surface area contributed by atoms with Crippen molar-refractivity contribution in [2.75, 3.05) is 11.8 Å². The number of rotatable bonds is 5. The molecule has 3 N–H and O–H groups in total. The first-order valence-electron chi connectivity index (χ1n) is 6.54. The Morgan fingerprint density at radius 3 is 2.29 bits per heavy atom. The number of anilines is 1. The number of sulfonamides is 2. The number of nitrogens with two attached hydrogens (primary N) is 1. The van der Waals surface area contributed by atoms with Crippen LogP contribution in [0.4, 0.5) is 5.69 Å². The van der Waals surface area contributed by atoms with Crippen LogP contribution in [0.15, 0.2) is 46.2 Å². The van der Waals surface area contributed by atoms with Gasteiger partial charge < -0.3 is 4.74 Å². The van der Waals surface area contributed by atoms with Crippen LogP contribution in [0.1, 0.15) is 5.56 Å². The fourth-order valence-electron chi connectivity index (χ4n) is 1.93. The van der Waals surface area contributed by atoms with Gasteiger partial charge in [-0.1, -0.05) is 17.7 Å². The van der Waals surface area contributed by atoms with Gasteiger partial charge in [-0.2, -0.15) is 0 Å². The van der Waals surface area contributed by atoms with Gasteiger partial charge in [-0.25, -0.2) is 22.0 Å². The van der Waals surface area contributed by atoms with Gasteiger partial charge in [0.25, 0.3) is 10.0 Å². The maximum Gasteiger partial charge on any atom is 0.262 e. The Bertz CT molecular complexity index is 988. The van der Waals surface area contributed by atoms with Crippen molar-refractivity contribution in [1.29, 1.82) is 0 Å². The molecule has 0 aromatic heterocycles. The minimum absolute atomic E-state index is 0.181. The van der Waals surface area contributed by atoms with Gasteiger partial charge >= 0.3 is 0 Å². The second-order valence-corrected chi connectivity index (χ2v) is 8.58. The van der Waals surface area contributed by atoms with Gasteiger partial charge in [-0.15, -0.1) is 0 Å². The molecule has 130 valence electrons. The molecule has 24 heavy (non-hydrogen) atoms. The van der Waals surface area contributed by atoms with Crippen LogP contribution in [0, 0.1) is 6.92 Å². The van der Waals surface area contributed by atoms with Crippen LogP contribution < -0.4 is 14.6 Å². The first-order valence-corrected chi connectivity index (χ1v) is 9.95. The summed E-state index contributed by atoms with van der Waals surface area (Å²) < 4.78 is 55.2. The second-order valence-electron chi connectivity index (χ2n) is 4.93. The quantitative estimate of drug-likeness (QED) is 0.811. The van der Waals surface area contributed by atoms with Crippen molar-refractivity contribution >= 4 is 37.3 Å². The SMILES string of the molecule is COc1cc(Cl)c(C)cc1NS(=O)(=O)c1cccc(S(N)(=O)=O)c1. The molecule has 0 bridgehead atoms. The minimum atomic E-state index is -4.05. The number of ether oxygens (including phenoxy) is 1. The van der Waals surface area contributed by atoms with Gasteiger partial charge in [0.2, 0.25) is 10.0 Å². The Labute approximate surface area is 145 Å². The third kappa shape index (κ3) is 3.99. The lowest BCUT2D eigenvalue weighted by Gasteiger charge is -2.14. The van der Waals surface area contributed by atoms with Gasteiger partial charge in [0.05, 0.1) is 22.6 Å². The fraction of sp³-hybridized carbons (Fsp3) is 0.143. The molecule has 0 spiro atoms. The maximum atomic E-state index is 12.5. The zero-order valence-corrected chi connectivity index (χ0v) is 15.2. The largest absolute Gasteiger partial charge is 0.495 e. The zero-order chi connectivity index (χ0) is 18.1. The predicted molar refractivity (Wildman–Crippen MR) is 91.4 cm³/mol. The zero-order valence-electron chi connectivity index (χ0n) is 12.8. The highest BCUT2D eigenvalue weighted by atomic mass is 35.5. The minimum Gasteiger partial charge on any atom is -0.495 e. The maximum absolute atomic E-state index is 12.5. The van der Waals surface area contributed by atoms with Crippen molar-refractivity contribution in [2.45, 2.75) is 16.7 Å². The molecule has 7 nitrogen and oxygen atoms in total. The van der Waals surface area contributed by atoms with Crippen LogP contribution in [-0.4, -0.2) is 23.9 Å². The third-order valence-corrected chi connectivity index (χ3v) is 5.85. The van der Waals surface area contributed by atoms with Crippen LogP contribution in [-0.2, 0) is 20.0 Å². The topological polar surface area (TPSA) is 116 Å². The smallest absolute Gasteiger partial charge is 0.262 e. The lowest BCUT2D eigenvalue weighted by atomic mass is 10.2. The average molecular weight is 391 g/mol. The third-order valence-electron chi connectivity index (χ3n) is 3.17. The average Bonchev–Trinajstić information content (AvgIpc) is 2.49. The molecule has 0 unspecified atom stereocenters. The van der Waals surface area contributed by atoms with E-state index in [2.05, 4.69) is 4.72 Å². The number of nitrogens with one attached hydrogen (secondary N) is 1. The van der Waals surface area contributed by atoms with Crippen molar-refractivity contribution in [1.82, 2.24) is 0 Å². The van der Waals surface area contributed by atoms with Gasteiger partial charge in [-0.05, 0) is 36.8 Å². The molecule has 0 atom stereocenters. The molecular weight excluding hydrogens is 376 g/mol. The van der Waals surface area contributed by atoms with E-state index in [4.69, 9.17) is 21.5 Å². The van der Waals surface area contributed by atoms with Crippen LogP contribution in [0.5, 0.6) is 5.75 Å². The summed E-state index contributed by atoms with van der Waals surface area (Å²) >= 11 is 5.99. The number of methoxy groups -OCH3 is 1. The van der Waals surface area contributed by atoms with E-state index in [9.17, 15) is 16.8 Å². The molecule has 0 aliphatic heterocycles.